The highest BCUT2D eigenvalue weighted by Crippen LogP contribution is 2.26. The molecule has 5 aromatic carbocycles. The number of nitrogens with zero attached hydrogens (tertiary/aromatic N) is 2. The van der Waals surface area contributed by atoms with Crippen molar-refractivity contribution in [2.45, 2.75) is 18.4 Å². The van der Waals surface area contributed by atoms with Gasteiger partial charge in [0.25, 0.3) is 0 Å². The summed E-state index contributed by atoms with van der Waals surface area (Å²) in [7, 11) is 0. The molecule has 0 bridgehead atoms. The molecular weight excluding hydrogens is 546 g/mol. The van der Waals surface area contributed by atoms with E-state index in [0.717, 1.165) is 33.3 Å². The van der Waals surface area contributed by atoms with E-state index in [1.165, 1.54) is 0 Å². The van der Waals surface area contributed by atoms with Crippen LogP contribution in [0.25, 0.3) is 10.9 Å². The summed E-state index contributed by atoms with van der Waals surface area (Å²) in [6, 6.07) is 42.9. The highest BCUT2D eigenvalue weighted by Gasteiger charge is 2.29. The molecule has 216 valence electrons. The van der Waals surface area contributed by atoms with Gasteiger partial charge in [0.1, 0.15) is 6.04 Å². The Morgan fingerprint density at radius 1 is 0.614 bits per heavy atom. The number of para-hydroxylation sites is 1. The summed E-state index contributed by atoms with van der Waals surface area (Å²) in [5.74, 6) is -1.15. The minimum absolute atomic E-state index is 0.251. The molecule has 0 unspecified atom stereocenters. The zero-order valence-electron chi connectivity index (χ0n) is 23.9. The Labute approximate surface area is 255 Å². The van der Waals surface area contributed by atoms with Gasteiger partial charge in [-0.3, -0.25) is 9.59 Å². The number of carbonyl (C=O) groups is 2. The highest BCUT2D eigenvalue weighted by molar-refractivity contribution is 5.99. The third kappa shape index (κ3) is 6.79. The van der Waals surface area contributed by atoms with Crippen LogP contribution in [-0.4, -0.2) is 22.8 Å². The van der Waals surface area contributed by atoms with E-state index in [2.05, 4.69) is 25.8 Å². The van der Waals surface area contributed by atoms with Gasteiger partial charge in [0.2, 0.25) is 11.8 Å². The van der Waals surface area contributed by atoms with E-state index >= 15 is 0 Å². The van der Waals surface area contributed by atoms with E-state index in [1.807, 2.05) is 121 Å². The molecule has 3 N–H and O–H groups in total. The van der Waals surface area contributed by atoms with Gasteiger partial charge in [-0.2, -0.15) is 10.2 Å². The number of anilines is 1. The Balaban J connectivity index is 1.25. The number of azo groups is 1. The number of amides is 2. The average Bonchev–Trinajstić information content (AvgIpc) is 3.48. The van der Waals surface area contributed by atoms with Gasteiger partial charge in [-0.05, 0) is 59.2 Å². The number of carbonyl (C=O) groups excluding carboxylic acids is 2. The van der Waals surface area contributed by atoms with Crippen molar-refractivity contribution in [3.8, 4) is 0 Å². The van der Waals surface area contributed by atoms with Crippen LogP contribution in [0.5, 0.6) is 0 Å². The van der Waals surface area contributed by atoms with Crippen molar-refractivity contribution in [2.24, 2.45) is 10.2 Å². The van der Waals surface area contributed by atoms with E-state index in [4.69, 9.17) is 0 Å². The van der Waals surface area contributed by atoms with Crippen LogP contribution < -0.4 is 10.6 Å². The summed E-state index contributed by atoms with van der Waals surface area (Å²) in [5.41, 5.74) is 5.61. The Morgan fingerprint density at radius 2 is 1.16 bits per heavy atom. The summed E-state index contributed by atoms with van der Waals surface area (Å²) in [6.45, 7) is 0. The maximum absolute atomic E-state index is 14.0. The molecule has 0 saturated heterocycles. The number of hydrogen-bond acceptors (Lipinski definition) is 4. The third-order valence-electron chi connectivity index (χ3n) is 7.43. The first-order valence-electron chi connectivity index (χ1n) is 14.5. The van der Waals surface area contributed by atoms with Crippen molar-refractivity contribution < 1.29 is 9.59 Å². The lowest BCUT2D eigenvalue weighted by Gasteiger charge is -2.23. The zero-order chi connectivity index (χ0) is 30.1. The lowest BCUT2D eigenvalue weighted by molar-refractivity contribution is -0.126. The maximum atomic E-state index is 14.0. The predicted octanol–water partition coefficient (Wildman–Crippen LogP) is 8.08. The zero-order valence-corrected chi connectivity index (χ0v) is 23.9. The molecule has 0 radical (unpaired) electrons. The Hall–Kier alpha value is -5.82. The summed E-state index contributed by atoms with van der Waals surface area (Å²) in [4.78, 5) is 31.1. The SMILES string of the molecule is O=C(N[C@@H](Cc1c[nH]c2ccccc12)C(=O)Nc1ccc(N=Nc2ccccc2)cc1)C(c1ccccc1)c1ccccc1. The van der Waals surface area contributed by atoms with Crippen molar-refractivity contribution in [3.63, 3.8) is 0 Å². The normalized spacial score (nSPS) is 11.9. The van der Waals surface area contributed by atoms with E-state index < -0.39 is 12.0 Å². The molecule has 6 aromatic rings. The molecule has 44 heavy (non-hydrogen) atoms. The van der Waals surface area contributed by atoms with Crippen molar-refractivity contribution in [2.75, 3.05) is 5.32 Å². The topological polar surface area (TPSA) is 98.7 Å². The number of nitrogens with one attached hydrogen (secondary N) is 3. The number of H-pyrrole nitrogens is 1. The van der Waals surface area contributed by atoms with Crippen LogP contribution in [-0.2, 0) is 16.0 Å². The lowest BCUT2D eigenvalue weighted by Crippen LogP contribution is -2.47. The van der Waals surface area contributed by atoms with Crippen LogP contribution in [0.15, 0.2) is 156 Å². The van der Waals surface area contributed by atoms with E-state index in [-0.39, 0.29) is 11.8 Å². The van der Waals surface area contributed by atoms with Crippen LogP contribution in [0.2, 0.25) is 0 Å². The van der Waals surface area contributed by atoms with Crippen molar-refractivity contribution in [1.82, 2.24) is 10.3 Å². The van der Waals surface area contributed by atoms with Crippen molar-refractivity contribution in [3.05, 3.63) is 162 Å². The minimum atomic E-state index is -0.839. The number of rotatable bonds is 10. The molecule has 0 spiro atoms. The molecular formula is C37H31N5O2. The van der Waals surface area contributed by atoms with Gasteiger partial charge in [0.15, 0.2) is 0 Å². The Kier molecular flexibility index (Phi) is 8.65. The quantitative estimate of drug-likeness (QED) is 0.143. The molecule has 7 nitrogen and oxygen atoms in total. The standard InChI is InChI=1S/C37H31N5O2/c43-36(39-29-20-22-31(23-21-29)42-41-30-16-8-3-9-17-30)34(24-28-25-38-33-19-11-10-18-32(28)33)40-37(44)35(26-12-4-1-5-13-26)27-14-6-2-7-15-27/h1-23,25,34-35,38H,24H2,(H,39,43)(H,40,44)/t34-/m0/s1. The van der Waals surface area contributed by atoms with Gasteiger partial charge in [-0.15, -0.1) is 0 Å². The van der Waals surface area contributed by atoms with Gasteiger partial charge >= 0.3 is 0 Å². The molecule has 0 aliphatic carbocycles. The van der Waals surface area contributed by atoms with Gasteiger partial charge < -0.3 is 15.6 Å². The fraction of sp³-hybridized carbons (Fsp3) is 0.0811. The fourth-order valence-electron chi connectivity index (χ4n) is 5.22. The number of fused-ring (bicyclic) bond motifs is 1. The monoisotopic (exact) mass is 577 g/mol. The lowest BCUT2D eigenvalue weighted by atomic mass is 9.90. The van der Waals surface area contributed by atoms with Crippen LogP contribution in [0, 0.1) is 0 Å². The number of benzene rings is 5. The smallest absolute Gasteiger partial charge is 0.247 e. The van der Waals surface area contributed by atoms with E-state index in [1.54, 1.807) is 24.3 Å². The van der Waals surface area contributed by atoms with Crippen LogP contribution >= 0.6 is 0 Å². The first-order valence-corrected chi connectivity index (χ1v) is 14.5. The molecule has 1 heterocycles. The minimum Gasteiger partial charge on any atom is -0.361 e. The van der Waals surface area contributed by atoms with E-state index in [0.29, 0.717) is 17.8 Å². The number of aromatic nitrogens is 1. The van der Waals surface area contributed by atoms with Crippen LogP contribution in [0.3, 0.4) is 0 Å². The third-order valence-corrected chi connectivity index (χ3v) is 7.43. The molecule has 0 aliphatic heterocycles. The summed E-state index contributed by atoms with van der Waals surface area (Å²) >= 11 is 0. The summed E-state index contributed by atoms with van der Waals surface area (Å²) in [5, 5.41) is 15.6. The predicted molar refractivity (Wildman–Crippen MR) is 174 cm³/mol. The molecule has 0 saturated carbocycles. The second-order valence-corrected chi connectivity index (χ2v) is 10.5. The van der Waals surface area contributed by atoms with Gasteiger partial charge in [-0.25, -0.2) is 0 Å². The second kappa shape index (κ2) is 13.4. The van der Waals surface area contributed by atoms with Crippen molar-refractivity contribution >= 4 is 39.8 Å². The fourth-order valence-corrected chi connectivity index (χ4v) is 5.22. The number of hydrogen-bond donors (Lipinski definition) is 3. The van der Waals surface area contributed by atoms with E-state index in [9.17, 15) is 9.59 Å². The van der Waals surface area contributed by atoms with Crippen molar-refractivity contribution in [1.29, 1.82) is 0 Å². The van der Waals surface area contributed by atoms with Gasteiger partial charge in [0.05, 0.1) is 17.3 Å². The summed E-state index contributed by atoms with van der Waals surface area (Å²) < 4.78 is 0. The largest absolute Gasteiger partial charge is 0.361 e. The summed E-state index contributed by atoms with van der Waals surface area (Å²) in [6.07, 6.45) is 2.21. The molecule has 2 amide bonds. The van der Waals surface area contributed by atoms with Gasteiger partial charge in [0, 0.05) is 29.2 Å². The van der Waals surface area contributed by atoms with Crippen LogP contribution in [0.4, 0.5) is 17.1 Å². The van der Waals surface area contributed by atoms with Crippen LogP contribution in [0.1, 0.15) is 22.6 Å². The molecule has 0 fully saturated rings. The molecule has 0 aliphatic rings. The first-order chi connectivity index (χ1) is 21.6. The van der Waals surface area contributed by atoms with Gasteiger partial charge in [-0.1, -0.05) is 97.1 Å². The average molecular weight is 578 g/mol. The Bertz CT molecular complexity index is 1830. The highest BCUT2D eigenvalue weighted by atomic mass is 16.2. The molecule has 1 aromatic heterocycles. The molecule has 1 atom stereocenters. The number of aromatic amines is 1. The first kappa shape index (κ1) is 28.3. The second-order valence-electron chi connectivity index (χ2n) is 10.5. The maximum Gasteiger partial charge on any atom is 0.247 e. The molecule has 7 heteroatoms. The molecule has 6 rings (SSSR count). The Morgan fingerprint density at radius 3 is 1.80 bits per heavy atom.